The molecule has 0 bridgehead atoms. The molecule has 3 aliphatic rings. The van der Waals surface area contributed by atoms with Crippen LogP contribution in [0.2, 0.25) is 5.02 Å². The van der Waals surface area contributed by atoms with Crippen LogP contribution in [-0.4, -0.2) is 98.8 Å². The first-order chi connectivity index (χ1) is 20.8. The number of benzene rings is 1. The summed E-state index contributed by atoms with van der Waals surface area (Å²) in [5.41, 5.74) is -0.135. The number of aliphatic imine (C=N–C) groups is 1. The highest BCUT2D eigenvalue weighted by atomic mass is 35.5. The lowest BCUT2D eigenvalue weighted by atomic mass is 9.94. The fraction of sp³-hybridized carbons (Fsp3) is 0.464. The molecule has 1 aromatic heterocycles. The van der Waals surface area contributed by atoms with Crippen LogP contribution in [0.5, 0.6) is 0 Å². The van der Waals surface area contributed by atoms with E-state index in [4.69, 9.17) is 21.3 Å². The van der Waals surface area contributed by atoms with E-state index in [0.29, 0.717) is 5.01 Å². The number of aromatic nitrogens is 1. The molecule has 1 aromatic carbocycles. The van der Waals surface area contributed by atoms with Crippen molar-refractivity contribution in [3.05, 3.63) is 72.6 Å². The number of hydrogen-bond donors (Lipinski definition) is 1. The molecule has 2 aromatic rings. The summed E-state index contributed by atoms with van der Waals surface area (Å²) in [6.45, 7) is 7.46. The third-order valence-corrected chi connectivity index (χ3v) is 8.95. The van der Waals surface area contributed by atoms with Crippen LogP contribution in [0.1, 0.15) is 44.3 Å². The Morgan fingerprint density at radius 2 is 2.05 bits per heavy atom. The van der Waals surface area contributed by atoms with Crippen LogP contribution in [-0.2, 0) is 14.3 Å². The Hall–Kier alpha value is -3.95. The van der Waals surface area contributed by atoms with Gasteiger partial charge in [-0.2, -0.15) is 0 Å². The minimum atomic E-state index is -1.31. The summed E-state index contributed by atoms with van der Waals surface area (Å²) in [6.07, 6.45) is 1.57. The van der Waals surface area contributed by atoms with E-state index in [1.165, 1.54) is 28.4 Å². The summed E-state index contributed by atoms with van der Waals surface area (Å²) in [5, 5.41) is 17.0. The molecule has 3 amide bonds. The SMILES string of the molecule is CCOC(=O)C1=C(CN2CCN3C(=O)N(C(C)(C)C)C[C@@H]3[C@H]2C(=O)[N+](=O)[O-])NC(c2nccs2)=N[C@H]1c1cccc(F)c1Cl. The van der Waals surface area contributed by atoms with E-state index in [-0.39, 0.29) is 66.5 Å². The number of amidine groups is 1. The predicted molar refractivity (Wildman–Crippen MR) is 159 cm³/mol. The van der Waals surface area contributed by atoms with Crippen LogP contribution >= 0.6 is 22.9 Å². The third-order valence-electron chi connectivity index (χ3n) is 7.77. The minimum absolute atomic E-state index is 0.00760. The fourth-order valence-electron chi connectivity index (χ4n) is 5.76. The monoisotopic (exact) mass is 647 g/mol. The van der Waals surface area contributed by atoms with Gasteiger partial charge < -0.3 is 19.9 Å². The summed E-state index contributed by atoms with van der Waals surface area (Å²) in [6, 6.07) is 0.638. The molecule has 0 spiro atoms. The van der Waals surface area contributed by atoms with Gasteiger partial charge in [0.1, 0.15) is 16.8 Å². The van der Waals surface area contributed by atoms with Crippen molar-refractivity contribution in [3.8, 4) is 0 Å². The normalized spacial score (nSPS) is 22.5. The van der Waals surface area contributed by atoms with Crippen molar-refractivity contribution in [2.45, 2.75) is 51.4 Å². The van der Waals surface area contributed by atoms with E-state index in [1.807, 2.05) is 20.8 Å². The molecular weight excluding hydrogens is 617 g/mol. The number of carbonyl (C=O) groups excluding carboxylic acids is 3. The summed E-state index contributed by atoms with van der Waals surface area (Å²) in [5.74, 6) is -2.47. The number of hydrogen-bond acceptors (Lipinski definition) is 11. The van der Waals surface area contributed by atoms with Gasteiger partial charge in [0.15, 0.2) is 16.9 Å². The number of nitrogens with zero attached hydrogens (tertiary/aromatic N) is 6. The van der Waals surface area contributed by atoms with E-state index in [0.717, 1.165) is 0 Å². The van der Waals surface area contributed by atoms with Gasteiger partial charge in [-0.3, -0.25) is 20.0 Å². The maximum Gasteiger partial charge on any atom is 0.463 e. The second-order valence-electron chi connectivity index (χ2n) is 11.4. The van der Waals surface area contributed by atoms with Crippen molar-refractivity contribution in [1.29, 1.82) is 0 Å². The van der Waals surface area contributed by atoms with Gasteiger partial charge in [0.25, 0.3) is 0 Å². The number of fused-ring (bicyclic) bond motifs is 1. The number of halogens is 2. The Bertz CT molecular complexity index is 1560. The standard InChI is InChI=1S/C28H31ClFN7O6S/c1-5-43-26(39)19-17(32-23(24-31-9-12-44-24)33-21(19)15-7-6-8-16(30)20(15)29)13-34-10-11-35-18(22(34)25(38)37(41)42)14-36(27(35)40)28(2,3)4/h6-9,12,18,21-22H,5,10-11,13-14H2,1-4H3,(H,32,33)/t18-,21+,22+/m1/s1. The third kappa shape index (κ3) is 5.78. The number of piperazine rings is 1. The molecule has 1 N–H and O–H groups in total. The molecule has 2 fully saturated rings. The van der Waals surface area contributed by atoms with Crippen LogP contribution in [0.25, 0.3) is 0 Å². The number of esters is 1. The van der Waals surface area contributed by atoms with Crippen molar-refractivity contribution in [2.75, 3.05) is 32.8 Å². The van der Waals surface area contributed by atoms with Gasteiger partial charge in [-0.15, -0.1) is 11.3 Å². The first kappa shape index (κ1) is 31.5. The average molecular weight is 648 g/mol. The zero-order valence-electron chi connectivity index (χ0n) is 24.5. The van der Waals surface area contributed by atoms with Gasteiger partial charge in [-0.05, 0) is 33.8 Å². The second-order valence-corrected chi connectivity index (χ2v) is 12.7. The van der Waals surface area contributed by atoms with Crippen LogP contribution in [0.15, 0.2) is 46.0 Å². The van der Waals surface area contributed by atoms with E-state index < -0.39 is 46.3 Å². The van der Waals surface area contributed by atoms with Gasteiger partial charge in [0.05, 0.1) is 23.2 Å². The minimum Gasteiger partial charge on any atom is -0.463 e. The van der Waals surface area contributed by atoms with Gasteiger partial charge >= 0.3 is 17.9 Å². The predicted octanol–water partition coefficient (Wildman–Crippen LogP) is 3.24. The Kier molecular flexibility index (Phi) is 8.73. The highest BCUT2D eigenvalue weighted by Gasteiger charge is 2.55. The quantitative estimate of drug-likeness (QED) is 0.271. The van der Waals surface area contributed by atoms with E-state index in [9.17, 15) is 28.9 Å². The van der Waals surface area contributed by atoms with Crippen molar-refractivity contribution < 1.29 is 28.4 Å². The second kappa shape index (κ2) is 12.2. The molecule has 44 heavy (non-hydrogen) atoms. The molecule has 13 nitrogen and oxygen atoms in total. The number of nitro groups is 1. The lowest BCUT2D eigenvalue weighted by Crippen LogP contribution is -2.63. The number of thiazole rings is 1. The molecule has 0 aliphatic carbocycles. The van der Waals surface area contributed by atoms with Crippen LogP contribution in [0.4, 0.5) is 9.18 Å². The molecule has 16 heteroatoms. The van der Waals surface area contributed by atoms with E-state index >= 15 is 0 Å². The molecule has 0 radical (unpaired) electrons. The van der Waals surface area contributed by atoms with Crippen LogP contribution in [0.3, 0.4) is 0 Å². The lowest BCUT2D eigenvalue weighted by molar-refractivity contribution is -0.407. The summed E-state index contributed by atoms with van der Waals surface area (Å²) in [7, 11) is 0. The molecule has 0 unspecified atom stereocenters. The van der Waals surface area contributed by atoms with Crippen LogP contribution < -0.4 is 5.32 Å². The zero-order chi connectivity index (χ0) is 31.9. The van der Waals surface area contributed by atoms with Gasteiger partial charge in [0, 0.05) is 54.6 Å². The first-order valence-electron chi connectivity index (χ1n) is 13.9. The van der Waals surface area contributed by atoms with Crippen molar-refractivity contribution in [2.24, 2.45) is 4.99 Å². The number of amides is 3. The highest BCUT2D eigenvalue weighted by molar-refractivity contribution is 7.11. The number of urea groups is 1. The maximum absolute atomic E-state index is 14.7. The van der Waals surface area contributed by atoms with Crippen molar-refractivity contribution in [3.63, 3.8) is 0 Å². The molecule has 3 atom stereocenters. The Morgan fingerprint density at radius 1 is 1.30 bits per heavy atom. The van der Waals surface area contributed by atoms with Gasteiger partial charge in [-0.25, -0.2) is 23.8 Å². The molecule has 234 valence electrons. The first-order valence-corrected chi connectivity index (χ1v) is 15.2. The average Bonchev–Trinajstić information content (AvgIpc) is 3.62. The van der Waals surface area contributed by atoms with Gasteiger partial charge in [-0.1, -0.05) is 23.7 Å². The van der Waals surface area contributed by atoms with E-state index in [2.05, 4.69) is 10.3 Å². The van der Waals surface area contributed by atoms with Crippen molar-refractivity contribution >= 4 is 46.7 Å². The summed E-state index contributed by atoms with van der Waals surface area (Å²) in [4.78, 5) is 64.6. The number of rotatable bonds is 7. The smallest absolute Gasteiger partial charge is 0.463 e. The molecule has 0 saturated carbocycles. The zero-order valence-corrected chi connectivity index (χ0v) is 26.0. The van der Waals surface area contributed by atoms with E-state index in [1.54, 1.807) is 34.4 Å². The largest absolute Gasteiger partial charge is 0.463 e. The molecule has 4 heterocycles. The highest BCUT2D eigenvalue weighted by Crippen LogP contribution is 2.38. The Labute approximate surface area is 261 Å². The number of carbonyl (C=O) groups is 3. The number of nitrogens with one attached hydrogen (secondary N) is 1. The molecule has 5 rings (SSSR count). The van der Waals surface area contributed by atoms with Gasteiger partial charge in [0.2, 0.25) is 0 Å². The molecule has 3 aliphatic heterocycles. The number of ether oxygens (including phenoxy) is 1. The van der Waals surface area contributed by atoms with Crippen molar-refractivity contribution in [1.82, 2.24) is 25.0 Å². The molecule has 2 saturated heterocycles. The lowest BCUT2D eigenvalue weighted by Gasteiger charge is -2.41. The summed E-state index contributed by atoms with van der Waals surface area (Å²) >= 11 is 7.66. The maximum atomic E-state index is 14.7. The Balaban J connectivity index is 1.62. The van der Waals surface area contributed by atoms with Crippen LogP contribution in [0, 0.1) is 15.9 Å². The fourth-order valence-corrected chi connectivity index (χ4v) is 6.57. The molecular formula is C28H31ClFN7O6S. The summed E-state index contributed by atoms with van der Waals surface area (Å²) < 4.78 is 20.0. The topological polar surface area (TPSA) is 151 Å². The Morgan fingerprint density at radius 3 is 2.68 bits per heavy atom.